The standard InChI is InChI=1S/C21H25N3O2/c1-15(21(26)24(2)14-16-6-4-3-5-7-16)22-18-10-12-19(13-11-18)23-20(25)17-8-9-17/h3-7,10-13,15,17,22H,8-9,14H2,1-2H3,(H,23,25). The number of hydrogen-bond acceptors (Lipinski definition) is 3. The first-order valence-electron chi connectivity index (χ1n) is 8.99. The van der Waals surface area contributed by atoms with Crippen molar-refractivity contribution in [1.82, 2.24) is 4.90 Å². The Bertz CT molecular complexity index is 755. The van der Waals surface area contributed by atoms with Gasteiger partial charge in [0.25, 0.3) is 0 Å². The summed E-state index contributed by atoms with van der Waals surface area (Å²) in [6.45, 7) is 2.43. The van der Waals surface area contributed by atoms with Gasteiger partial charge in [-0.2, -0.15) is 0 Å². The lowest BCUT2D eigenvalue weighted by Gasteiger charge is -2.23. The molecule has 1 atom stereocenters. The Morgan fingerprint density at radius 2 is 1.65 bits per heavy atom. The lowest BCUT2D eigenvalue weighted by molar-refractivity contribution is -0.130. The Balaban J connectivity index is 1.52. The fourth-order valence-electron chi connectivity index (χ4n) is 2.82. The van der Waals surface area contributed by atoms with E-state index in [0.717, 1.165) is 29.8 Å². The topological polar surface area (TPSA) is 61.4 Å². The van der Waals surface area contributed by atoms with Crippen molar-refractivity contribution < 1.29 is 9.59 Å². The molecule has 1 unspecified atom stereocenters. The quantitative estimate of drug-likeness (QED) is 0.803. The van der Waals surface area contributed by atoms with Crippen molar-refractivity contribution in [3.05, 3.63) is 60.2 Å². The van der Waals surface area contributed by atoms with Gasteiger partial charge in [0.2, 0.25) is 11.8 Å². The molecule has 136 valence electrons. The number of hydrogen-bond donors (Lipinski definition) is 2. The van der Waals surface area contributed by atoms with Crippen LogP contribution in [0.3, 0.4) is 0 Å². The van der Waals surface area contributed by atoms with Crippen LogP contribution in [0.2, 0.25) is 0 Å². The summed E-state index contributed by atoms with van der Waals surface area (Å²) in [5, 5.41) is 6.13. The number of likely N-dealkylation sites (N-methyl/N-ethyl adjacent to an activating group) is 1. The van der Waals surface area contributed by atoms with Crippen LogP contribution in [0.1, 0.15) is 25.3 Å². The number of carbonyl (C=O) groups is 2. The van der Waals surface area contributed by atoms with Crippen LogP contribution < -0.4 is 10.6 Å². The number of nitrogens with one attached hydrogen (secondary N) is 2. The van der Waals surface area contributed by atoms with Gasteiger partial charge in [-0.15, -0.1) is 0 Å². The molecule has 1 saturated carbocycles. The van der Waals surface area contributed by atoms with E-state index in [1.165, 1.54) is 0 Å². The summed E-state index contributed by atoms with van der Waals surface area (Å²) in [7, 11) is 1.81. The third-order valence-electron chi connectivity index (χ3n) is 4.49. The Morgan fingerprint density at radius 1 is 1.04 bits per heavy atom. The third-order valence-corrected chi connectivity index (χ3v) is 4.49. The molecule has 0 heterocycles. The number of nitrogens with zero attached hydrogens (tertiary/aromatic N) is 1. The van der Waals surface area contributed by atoms with Gasteiger partial charge < -0.3 is 15.5 Å². The van der Waals surface area contributed by atoms with Crippen LogP contribution in [0.25, 0.3) is 0 Å². The summed E-state index contributed by atoms with van der Waals surface area (Å²) < 4.78 is 0. The lowest BCUT2D eigenvalue weighted by atomic mass is 10.2. The molecule has 0 spiro atoms. The predicted octanol–water partition coefficient (Wildman–Crippen LogP) is 3.49. The Hall–Kier alpha value is -2.82. The highest BCUT2D eigenvalue weighted by Crippen LogP contribution is 2.30. The largest absolute Gasteiger partial charge is 0.374 e. The van der Waals surface area contributed by atoms with Gasteiger partial charge in [0, 0.05) is 30.9 Å². The average molecular weight is 351 g/mol. The molecule has 0 aromatic heterocycles. The Kier molecular flexibility index (Phi) is 5.56. The molecule has 0 aliphatic heterocycles. The van der Waals surface area contributed by atoms with E-state index in [0.29, 0.717) is 6.54 Å². The van der Waals surface area contributed by atoms with Crippen LogP contribution in [0, 0.1) is 5.92 Å². The second-order valence-electron chi connectivity index (χ2n) is 6.89. The number of rotatable bonds is 7. The van der Waals surface area contributed by atoms with Gasteiger partial charge in [-0.25, -0.2) is 0 Å². The monoisotopic (exact) mass is 351 g/mol. The van der Waals surface area contributed by atoms with Crippen molar-refractivity contribution in [2.45, 2.75) is 32.4 Å². The van der Waals surface area contributed by atoms with Gasteiger partial charge in [-0.05, 0) is 49.6 Å². The van der Waals surface area contributed by atoms with Crippen LogP contribution in [-0.4, -0.2) is 29.8 Å². The first-order chi connectivity index (χ1) is 12.5. The van der Waals surface area contributed by atoms with E-state index in [1.807, 2.05) is 68.6 Å². The van der Waals surface area contributed by atoms with Gasteiger partial charge in [0.05, 0.1) is 0 Å². The second-order valence-corrected chi connectivity index (χ2v) is 6.89. The molecule has 26 heavy (non-hydrogen) atoms. The molecular weight excluding hydrogens is 326 g/mol. The SMILES string of the molecule is CC(Nc1ccc(NC(=O)C2CC2)cc1)C(=O)N(C)Cc1ccccc1. The van der Waals surface area contributed by atoms with Crippen molar-refractivity contribution in [3.8, 4) is 0 Å². The minimum absolute atomic E-state index is 0.0277. The van der Waals surface area contributed by atoms with Crippen molar-refractivity contribution >= 4 is 23.2 Å². The van der Waals surface area contributed by atoms with E-state index in [1.54, 1.807) is 4.90 Å². The van der Waals surface area contributed by atoms with Gasteiger partial charge >= 0.3 is 0 Å². The van der Waals surface area contributed by atoms with E-state index < -0.39 is 0 Å². The zero-order valence-electron chi connectivity index (χ0n) is 15.2. The number of benzene rings is 2. The highest BCUT2D eigenvalue weighted by Gasteiger charge is 2.29. The molecule has 2 N–H and O–H groups in total. The summed E-state index contributed by atoms with van der Waals surface area (Å²) >= 11 is 0. The van der Waals surface area contributed by atoms with Crippen molar-refractivity contribution in [3.63, 3.8) is 0 Å². The summed E-state index contributed by atoms with van der Waals surface area (Å²) in [6.07, 6.45) is 1.98. The zero-order chi connectivity index (χ0) is 18.5. The molecule has 2 amide bonds. The molecular formula is C21H25N3O2. The number of amides is 2. The molecule has 0 saturated heterocycles. The highest BCUT2D eigenvalue weighted by molar-refractivity contribution is 5.94. The fourth-order valence-corrected chi connectivity index (χ4v) is 2.82. The molecule has 3 rings (SSSR count). The van der Waals surface area contributed by atoms with E-state index in [9.17, 15) is 9.59 Å². The Labute approximate surface area is 154 Å². The Morgan fingerprint density at radius 3 is 2.27 bits per heavy atom. The molecule has 1 aliphatic carbocycles. The molecule has 0 radical (unpaired) electrons. The first-order valence-corrected chi connectivity index (χ1v) is 8.99. The minimum atomic E-state index is -0.337. The molecule has 1 aliphatic rings. The number of anilines is 2. The fraction of sp³-hybridized carbons (Fsp3) is 0.333. The molecule has 0 bridgehead atoms. The van der Waals surface area contributed by atoms with Crippen LogP contribution in [0.5, 0.6) is 0 Å². The maximum Gasteiger partial charge on any atom is 0.244 e. The summed E-state index contributed by atoms with van der Waals surface area (Å²) in [5.74, 6) is 0.308. The van der Waals surface area contributed by atoms with Crippen molar-refractivity contribution in [2.24, 2.45) is 5.92 Å². The summed E-state index contributed by atoms with van der Waals surface area (Å²) in [5.41, 5.74) is 2.74. The van der Waals surface area contributed by atoms with Crippen molar-refractivity contribution in [1.29, 1.82) is 0 Å². The second kappa shape index (κ2) is 8.04. The molecule has 2 aromatic carbocycles. The predicted molar refractivity (Wildman–Crippen MR) is 104 cm³/mol. The smallest absolute Gasteiger partial charge is 0.244 e. The highest BCUT2D eigenvalue weighted by atomic mass is 16.2. The first kappa shape index (κ1) is 18.0. The van der Waals surface area contributed by atoms with Gasteiger partial charge in [0.15, 0.2) is 0 Å². The van der Waals surface area contributed by atoms with Crippen LogP contribution in [0.15, 0.2) is 54.6 Å². The van der Waals surface area contributed by atoms with Crippen LogP contribution >= 0.6 is 0 Å². The van der Waals surface area contributed by atoms with Crippen molar-refractivity contribution in [2.75, 3.05) is 17.7 Å². The summed E-state index contributed by atoms with van der Waals surface area (Å²) in [6, 6.07) is 17.1. The van der Waals surface area contributed by atoms with Crippen LogP contribution in [-0.2, 0) is 16.1 Å². The minimum Gasteiger partial charge on any atom is -0.374 e. The van der Waals surface area contributed by atoms with Crippen LogP contribution in [0.4, 0.5) is 11.4 Å². The van der Waals surface area contributed by atoms with E-state index in [-0.39, 0.29) is 23.8 Å². The average Bonchev–Trinajstić information content (AvgIpc) is 3.48. The molecule has 1 fully saturated rings. The molecule has 5 heteroatoms. The molecule has 2 aromatic rings. The van der Waals surface area contributed by atoms with Gasteiger partial charge in [0.1, 0.15) is 6.04 Å². The van der Waals surface area contributed by atoms with E-state index in [2.05, 4.69) is 10.6 Å². The third kappa shape index (κ3) is 4.85. The summed E-state index contributed by atoms with van der Waals surface area (Å²) in [4.78, 5) is 26.0. The van der Waals surface area contributed by atoms with E-state index in [4.69, 9.17) is 0 Å². The van der Waals surface area contributed by atoms with E-state index >= 15 is 0 Å². The molecule has 5 nitrogen and oxygen atoms in total. The maximum absolute atomic E-state index is 12.6. The number of carbonyl (C=O) groups excluding carboxylic acids is 2. The zero-order valence-corrected chi connectivity index (χ0v) is 15.2. The lowest BCUT2D eigenvalue weighted by Crippen LogP contribution is -2.38. The normalized spacial score (nSPS) is 14.4. The maximum atomic E-state index is 12.6. The van der Waals surface area contributed by atoms with Gasteiger partial charge in [-0.1, -0.05) is 30.3 Å². The van der Waals surface area contributed by atoms with Gasteiger partial charge in [-0.3, -0.25) is 9.59 Å².